The van der Waals surface area contributed by atoms with E-state index in [0.29, 0.717) is 17.7 Å². The number of fused-ring (bicyclic) bond motifs is 1. The number of likely N-dealkylation sites (tertiary alicyclic amines) is 1. The smallest absolute Gasteiger partial charge is 0.340 e. The molecule has 2 N–H and O–H groups in total. The Hall–Kier alpha value is -2.31. The van der Waals surface area contributed by atoms with Crippen molar-refractivity contribution in [2.75, 3.05) is 6.54 Å². The minimum Gasteiger partial charge on any atom is -0.351 e. The second-order valence-corrected chi connectivity index (χ2v) is 7.27. The molecule has 0 bridgehead atoms. The van der Waals surface area contributed by atoms with E-state index in [2.05, 4.69) is 19.7 Å². The van der Waals surface area contributed by atoms with E-state index in [0.717, 1.165) is 43.6 Å². The Labute approximate surface area is 139 Å². The second kappa shape index (κ2) is 5.09. The molecule has 4 heterocycles. The van der Waals surface area contributed by atoms with Gasteiger partial charge < -0.3 is 9.47 Å². The fourth-order valence-corrected chi connectivity index (χ4v) is 4.60. The largest absolute Gasteiger partial charge is 0.351 e. The second-order valence-electron chi connectivity index (χ2n) is 7.27. The summed E-state index contributed by atoms with van der Waals surface area (Å²) in [5.74, 6) is 1.76. The number of nitrogens with zero attached hydrogens (tertiary/aromatic N) is 3. The molecule has 7 nitrogen and oxygen atoms in total. The third kappa shape index (κ3) is 2.07. The van der Waals surface area contributed by atoms with Crippen LogP contribution in [0.3, 0.4) is 0 Å². The zero-order chi connectivity index (χ0) is 16.3. The Bertz CT molecular complexity index is 843. The highest BCUT2D eigenvalue weighted by molar-refractivity contribution is 5.96. The number of rotatable bonds is 3. The first-order valence-corrected chi connectivity index (χ1v) is 8.86. The van der Waals surface area contributed by atoms with Crippen LogP contribution in [0.4, 0.5) is 0 Å². The van der Waals surface area contributed by atoms with E-state index < -0.39 is 0 Å². The van der Waals surface area contributed by atoms with Crippen molar-refractivity contribution in [3.05, 3.63) is 39.8 Å². The summed E-state index contributed by atoms with van der Waals surface area (Å²) in [6.45, 7) is 1.74. The van der Waals surface area contributed by atoms with Gasteiger partial charge in [-0.05, 0) is 50.0 Å². The molecule has 0 spiro atoms. The number of H-pyrrole nitrogens is 2. The van der Waals surface area contributed by atoms with Crippen LogP contribution in [0.5, 0.6) is 0 Å². The van der Waals surface area contributed by atoms with Crippen LogP contribution in [0.1, 0.15) is 53.6 Å². The number of hydrogen-bond donors (Lipinski definition) is 2. The van der Waals surface area contributed by atoms with Gasteiger partial charge >= 0.3 is 5.69 Å². The van der Waals surface area contributed by atoms with Crippen molar-refractivity contribution >= 4 is 5.91 Å². The molecule has 5 rings (SSSR count). The molecule has 2 aromatic rings. The Morgan fingerprint density at radius 2 is 2.12 bits per heavy atom. The summed E-state index contributed by atoms with van der Waals surface area (Å²) in [5.41, 5.74) is 1.68. The first kappa shape index (κ1) is 14.1. The lowest BCUT2D eigenvalue weighted by molar-refractivity contribution is 0.0704. The van der Waals surface area contributed by atoms with Gasteiger partial charge in [0.15, 0.2) is 5.82 Å². The van der Waals surface area contributed by atoms with Crippen LogP contribution in [-0.4, -0.2) is 37.1 Å². The third-order valence-electron chi connectivity index (χ3n) is 5.85. The highest BCUT2D eigenvalue weighted by Crippen LogP contribution is 2.50. The maximum Gasteiger partial charge on any atom is 0.340 e. The van der Waals surface area contributed by atoms with Crippen LogP contribution in [0.2, 0.25) is 0 Å². The summed E-state index contributed by atoms with van der Waals surface area (Å²) in [4.78, 5) is 29.5. The van der Waals surface area contributed by atoms with Gasteiger partial charge in [0.05, 0.1) is 11.6 Å². The third-order valence-corrected chi connectivity index (χ3v) is 5.85. The molecule has 1 saturated heterocycles. The Balaban J connectivity index is 1.51. The maximum atomic E-state index is 13.2. The summed E-state index contributed by atoms with van der Waals surface area (Å²) < 4.78 is 2.19. The highest BCUT2D eigenvalue weighted by Gasteiger charge is 2.47. The maximum absolute atomic E-state index is 13.2. The minimum absolute atomic E-state index is 0.0858. The van der Waals surface area contributed by atoms with E-state index >= 15 is 0 Å². The van der Waals surface area contributed by atoms with Crippen molar-refractivity contribution in [3.63, 3.8) is 0 Å². The number of aryl methyl sites for hydroxylation is 1. The van der Waals surface area contributed by atoms with Crippen LogP contribution < -0.4 is 5.69 Å². The molecular formula is C17H21N5O2. The molecule has 1 amide bonds. The lowest BCUT2D eigenvalue weighted by Crippen LogP contribution is -2.33. The van der Waals surface area contributed by atoms with Crippen LogP contribution in [-0.2, 0) is 13.0 Å². The average Bonchev–Trinajstić information content (AvgIpc) is 2.99. The molecule has 0 radical (unpaired) electrons. The molecule has 2 unspecified atom stereocenters. The zero-order valence-electron chi connectivity index (χ0n) is 13.5. The van der Waals surface area contributed by atoms with Gasteiger partial charge in [0.25, 0.3) is 5.91 Å². The number of amides is 1. The molecule has 2 fully saturated rings. The number of carbonyl (C=O) groups is 1. The van der Waals surface area contributed by atoms with E-state index in [1.807, 2.05) is 17.2 Å². The van der Waals surface area contributed by atoms with Gasteiger partial charge in [0.2, 0.25) is 0 Å². The summed E-state index contributed by atoms with van der Waals surface area (Å²) >= 11 is 0. The molecule has 24 heavy (non-hydrogen) atoms. The Kier molecular flexibility index (Phi) is 2.98. The first-order chi connectivity index (χ1) is 11.7. The van der Waals surface area contributed by atoms with Gasteiger partial charge in [-0.1, -0.05) is 0 Å². The van der Waals surface area contributed by atoms with Crippen molar-refractivity contribution in [3.8, 4) is 0 Å². The lowest BCUT2D eigenvalue weighted by Gasteiger charge is -2.26. The van der Waals surface area contributed by atoms with Crippen LogP contribution in [0.25, 0.3) is 0 Å². The van der Waals surface area contributed by atoms with Crippen LogP contribution in [0, 0.1) is 11.8 Å². The molecule has 7 heteroatoms. The van der Waals surface area contributed by atoms with Crippen LogP contribution in [0.15, 0.2) is 17.1 Å². The summed E-state index contributed by atoms with van der Waals surface area (Å²) in [6, 6.07) is 1.84. The van der Waals surface area contributed by atoms with Crippen molar-refractivity contribution < 1.29 is 4.79 Å². The fourth-order valence-electron chi connectivity index (χ4n) is 4.60. The zero-order valence-corrected chi connectivity index (χ0v) is 13.5. The Morgan fingerprint density at radius 1 is 1.25 bits per heavy atom. The standard InChI is InChI=1S/C17H21N5O2/c23-16(12-5-8-21-7-1-2-13(12)21)22-9-6-11(10-3-4-10)14(22)15-18-17(24)20-19-15/h5,8,10-11,14H,1-4,6-7,9H2,(H2,18,19,20,24). The van der Waals surface area contributed by atoms with E-state index in [1.165, 1.54) is 12.8 Å². The first-order valence-electron chi connectivity index (χ1n) is 8.86. The van der Waals surface area contributed by atoms with E-state index in [4.69, 9.17) is 0 Å². The van der Waals surface area contributed by atoms with Gasteiger partial charge in [-0.2, -0.15) is 5.10 Å². The molecule has 1 saturated carbocycles. The predicted molar refractivity (Wildman–Crippen MR) is 86.6 cm³/mol. The molecule has 2 aromatic heterocycles. The van der Waals surface area contributed by atoms with Crippen molar-refractivity contribution in [2.45, 2.75) is 44.7 Å². The van der Waals surface area contributed by atoms with Gasteiger partial charge in [-0.15, -0.1) is 0 Å². The SMILES string of the molecule is O=C(c1ccn2c1CCC2)N1CCC(C2CC2)C1c1n[nH]c(=O)[nH]1. The summed E-state index contributed by atoms with van der Waals surface area (Å²) in [7, 11) is 0. The van der Waals surface area contributed by atoms with E-state index in [1.54, 1.807) is 0 Å². The highest BCUT2D eigenvalue weighted by atomic mass is 16.2. The normalized spacial score (nSPS) is 26.1. The quantitative estimate of drug-likeness (QED) is 0.895. The fraction of sp³-hybridized carbons (Fsp3) is 0.588. The van der Waals surface area contributed by atoms with E-state index in [9.17, 15) is 9.59 Å². The number of aromatic amines is 2. The minimum atomic E-state index is -0.302. The summed E-state index contributed by atoms with van der Waals surface area (Å²) in [6.07, 6.45) is 7.54. The number of aromatic nitrogens is 4. The average molecular weight is 327 g/mol. The molecule has 2 aliphatic heterocycles. The number of hydrogen-bond acceptors (Lipinski definition) is 3. The van der Waals surface area contributed by atoms with Gasteiger partial charge in [0.1, 0.15) is 0 Å². The monoisotopic (exact) mass is 327 g/mol. The van der Waals surface area contributed by atoms with Gasteiger partial charge in [-0.25, -0.2) is 9.89 Å². The van der Waals surface area contributed by atoms with Crippen molar-refractivity contribution in [1.82, 2.24) is 24.6 Å². The molecule has 1 aliphatic carbocycles. The lowest BCUT2D eigenvalue weighted by atomic mass is 9.94. The topological polar surface area (TPSA) is 86.8 Å². The number of nitrogens with one attached hydrogen (secondary N) is 2. The number of carbonyl (C=O) groups excluding carboxylic acids is 1. The summed E-state index contributed by atoms with van der Waals surface area (Å²) in [5, 5.41) is 6.61. The van der Waals surface area contributed by atoms with E-state index in [-0.39, 0.29) is 17.6 Å². The molecule has 0 aromatic carbocycles. The predicted octanol–water partition coefficient (Wildman–Crippen LogP) is 1.46. The molecular weight excluding hydrogens is 306 g/mol. The van der Waals surface area contributed by atoms with Crippen molar-refractivity contribution in [1.29, 1.82) is 0 Å². The molecule has 3 aliphatic rings. The van der Waals surface area contributed by atoms with Gasteiger partial charge in [0, 0.05) is 25.0 Å². The van der Waals surface area contributed by atoms with Gasteiger partial charge in [-0.3, -0.25) is 9.78 Å². The van der Waals surface area contributed by atoms with Crippen molar-refractivity contribution in [2.24, 2.45) is 11.8 Å². The van der Waals surface area contributed by atoms with Crippen LogP contribution >= 0.6 is 0 Å². The Morgan fingerprint density at radius 3 is 2.88 bits per heavy atom. The molecule has 126 valence electrons. The molecule has 2 atom stereocenters.